The van der Waals surface area contributed by atoms with Gasteiger partial charge < -0.3 is 10.5 Å². The van der Waals surface area contributed by atoms with Crippen LogP contribution < -0.4 is 11.3 Å². The highest BCUT2D eigenvalue weighted by Crippen LogP contribution is 2.35. The van der Waals surface area contributed by atoms with Crippen molar-refractivity contribution in [2.45, 2.75) is 18.8 Å². The number of halogens is 4. The summed E-state index contributed by atoms with van der Waals surface area (Å²) in [6.07, 6.45) is 0. The molecule has 10 heteroatoms. The summed E-state index contributed by atoms with van der Waals surface area (Å²) in [5.74, 6) is -7.69. The van der Waals surface area contributed by atoms with Crippen LogP contribution in [0.25, 0.3) is 5.69 Å². The summed E-state index contributed by atoms with van der Waals surface area (Å²) in [7, 11) is 1.06. The number of ether oxygens (including phenoxy) is 1. The molecule has 2 aromatic carbocycles. The minimum absolute atomic E-state index is 0.0822. The van der Waals surface area contributed by atoms with Gasteiger partial charge in [0.2, 0.25) is 0 Å². The number of methoxy groups -OCH3 is 1. The van der Waals surface area contributed by atoms with Crippen molar-refractivity contribution in [1.82, 2.24) is 9.78 Å². The van der Waals surface area contributed by atoms with Gasteiger partial charge in [-0.3, -0.25) is 9.59 Å². The second-order valence-electron chi connectivity index (χ2n) is 7.08. The van der Waals surface area contributed by atoms with Gasteiger partial charge in [0.25, 0.3) is 17.4 Å². The highest BCUT2D eigenvalue weighted by Gasteiger charge is 2.36. The molecule has 0 radical (unpaired) electrons. The number of amides is 1. The molecule has 32 heavy (non-hydrogen) atoms. The number of primary amides is 1. The first-order valence-corrected chi connectivity index (χ1v) is 9.43. The number of aromatic nitrogens is 2. The lowest BCUT2D eigenvalue weighted by Gasteiger charge is -2.21. The summed E-state index contributed by atoms with van der Waals surface area (Å²) in [5, 5.41) is 3.88. The minimum atomic E-state index is -3.60. The molecule has 3 rings (SSSR count). The van der Waals surface area contributed by atoms with Crippen LogP contribution in [-0.4, -0.2) is 29.4 Å². The summed E-state index contributed by atoms with van der Waals surface area (Å²) in [4.78, 5) is 24.7. The maximum atomic E-state index is 15.1. The van der Waals surface area contributed by atoms with Crippen molar-refractivity contribution in [3.8, 4) is 5.69 Å². The Morgan fingerprint density at radius 1 is 1.16 bits per heavy atom. The molecule has 3 aromatic rings. The third-order valence-corrected chi connectivity index (χ3v) is 4.96. The largest absolute Gasteiger partial charge is 0.378 e. The van der Waals surface area contributed by atoms with Gasteiger partial charge in [-0.05, 0) is 29.3 Å². The summed E-state index contributed by atoms with van der Waals surface area (Å²) < 4.78 is 62.9. The van der Waals surface area contributed by atoms with Crippen LogP contribution in [0.5, 0.6) is 0 Å². The van der Waals surface area contributed by atoms with E-state index in [9.17, 15) is 22.8 Å². The van der Waals surface area contributed by atoms with Crippen LogP contribution >= 0.6 is 0 Å². The standard InChI is InChI=1S/C22H19F4N3O3/c1-12(13-6-5-7-15(19(13)24)22(25,26)11-32-2)14-10-18(30)29(28-20(14)21(27)31)17-9-4-3-8-16(17)23/h3-10,12H,11H2,1-2H3,(H2,27,31)/t12-/m0/s1. The molecule has 1 atom stereocenters. The van der Waals surface area contributed by atoms with Gasteiger partial charge in [-0.2, -0.15) is 18.6 Å². The molecular weight excluding hydrogens is 430 g/mol. The number of hydrogen-bond donors (Lipinski definition) is 1. The van der Waals surface area contributed by atoms with Gasteiger partial charge in [-0.25, -0.2) is 8.78 Å². The lowest BCUT2D eigenvalue weighted by atomic mass is 9.89. The van der Waals surface area contributed by atoms with Crippen molar-refractivity contribution < 1.29 is 27.1 Å². The zero-order valence-electron chi connectivity index (χ0n) is 17.1. The number of benzene rings is 2. The van der Waals surface area contributed by atoms with Crippen molar-refractivity contribution in [3.63, 3.8) is 0 Å². The fourth-order valence-corrected chi connectivity index (χ4v) is 3.38. The summed E-state index contributed by atoms with van der Waals surface area (Å²) in [5.41, 5.74) is 2.77. The normalized spacial score (nSPS) is 12.6. The van der Waals surface area contributed by atoms with Gasteiger partial charge in [-0.1, -0.05) is 31.2 Å². The zero-order valence-corrected chi connectivity index (χ0v) is 17.1. The molecule has 0 bridgehead atoms. The minimum Gasteiger partial charge on any atom is -0.378 e. The fraction of sp³-hybridized carbons (Fsp3) is 0.227. The predicted molar refractivity (Wildman–Crippen MR) is 108 cm³/mol. The number of carbonyl (C=O) groups excluding carboxylic acids is 1. The van der Waals surface area contributed by atoms with E-state index in [1.54, 1.807) is 0 Å². The van der Waals surface area contributed by atoms with Gasteiger partial charge in [-0.15, -0.1) is 0 Å². The molecule has 0 aliphatic carbocycles. The van der Waals surface area contributed by atoms with Crippen molar-refractivity contribution in [1.29, 1.82) is 0 Å². The van der Waals surface area contributed by atoms with E-state index < -0.39 is 52.8 Å². The second kappa shape index (κ2) is 8.91. The molecule has 0 aliphatic rings. The van der Waals surface area contributed by atoms with E-state index in [2.05, 4.69) is 9.84 Å². The molecule has 6 nitrogen and oxygen atoms in total. The number of hydrogen-bond acceptors (Lipinski definition) is 4. The molecule has 0 unspecified atom stereocenters. The van der Waals surface area contributed by atoms with Crippen molar-refractivity contribution in [3.05, 3.63) is 92.9 Å². The van der Waals surface area contributed by atoms with E-state index >= 15 is 4.39 Å². The van der Waals surface area contributed by atoms with E-state index in [4.69, 9.17) is 5.73 Å². The van der Waals surface area contributed by atoms with Crippen molar-refractivity contribution >= 4 is 5.91 Å². The maximum Gasteiger partial charge on any atom is 0.298 e. The fourth-order valence-electron chi connectivity index (χ4n) is 3.38. The third-order valence-electron chi connectivity index (χ3n) is 4.96. The van der Waals surface area contributed by atoms with Crippen molar-refractivity contribution in [2.24, 2.45) is 5.73 Å². The molecule has 0 saturated heterocycles. The SMILES string of the molecule is COCC(F)(F)c1cccc([C@H](C)c2cc(=O)n(-c3ccccc3F)nc2C(N)=O)c1F. The highest BCUT2D eigenvalue weighted by atomic mass is 19.3. The molecule has 0 aliphatic heterocycles. The number of para-hydroxylation sites is 1. The van der Waals surface area contributed by atoms with Gasteiger partial charge >= 0.3 is 0 Å². The predicted octanol–water partition coefficient (Wildman–Crippen LogP) is 3.50. The average Bonchev–Trinajstić information content (AvgIpc) is 2.73. The molecule has 0 fully saturated rings. The van der Waals surface area contributed by atoms with E-state index in [1.807, 2.05) is 0 Å². The summed E-state index contributed by atoms with van der Waals surface area (Å²) >= 11 is 0. The quantitative estimate of drug-likeness (QED) is 0.560. The first-order valence-electron chi connectivity index (χ1n) is 9.43. The molecule has 0 saturated carbocycles. The Bertz CT molecular complexity index is 1230. The third kappa shape index (κ3) is 4.26. The zero-order chi connectivity index (χ0) is 23.6. The number of nitrogens with zero attached hydrogens (tertiary/aromatic N) is 2. The van der Waals surface area contributed by atoms with Crippen LogP contribution in [0.15, 0.2) is 53.3 Å². The van der Waals surface area contributed by atoms with E-state index in [0.29, 0.717) is 4.68 Å². The first-order chi connectivity index (χ1) is 15.1. The monoisotopic (exact) mass is 449 g/mol. The second-order valence-corrected chi connectivity index (χ2v) is 7.08. The Labute approximate surface area is 180 Å². The smallest absolute Gasteiger partial charge is 0.298 e. The first kappa shape index (κ1) is 23.1. The van der Waals surface area contributed by atoms with Gasteiger partial charge in [0.15, 0.2) is 5.69 Å². The number of alkyl halides is 2. The molecular formula is C22H19F4N3O3. The number of nitrogens with two attached hydrogens (primary N) is 1. The molecule has 1 aromatic heterocycles. The van der Waals surface area contributed by atoms with Crippen LogP contribution in [0.2, 0.25) is 0 Å². The number of carbonyl (C=O) groups is 1. The molecule has 1 heterocycles. The summed E-state index contributed by atoms with van der Waals surface area (Å²) in [6.45, 7) is 0.377. The molecule has 168 valence electrons. The Balaban J connectivity index is 2.17. The molecule has 0 spiro atoms. The summed E-state index contributed by atoms with van der Waals surface area (Å²) in [6, 6.07) is 9.62. The lowest BCUT2D eigenvalue weighted by molar-refractivity contribution is -0.0722. The van der Waals surface area contributed by atoms with Crippen LogP contribution in [0.4, 0.5) is 17.6 Å². The van der Waals surface area contributed by atoms with Crippen LogP contribution in [0.3, 0.4) is 0 Å². The van der Waals surface area contributed by atoms with Crippen LogP contribution in [-0.2, 0) is 10.7 Å². The Morgan fingerprint density at radius 3 is 2.47 bits per heavy atom. The average molecular weight is 449 g/mol. The molecule has 2 N–H and O–H groups in total. The van der Waals surface area contributed by atoms with Crippen molar-refractivity contribution in [2.75, 3.05) is 13.7 Å². The Hall–Kier alpha value is -3.53. The molecule has 1 amide bonds. The van der Waals surface area contributed by atoms with Gasteiger partial charge in [0, 0.05) is 19.1 Å². The van der Waals surface area contributed by atoms with Crippen LogP contribution in [0, 0.1) is 11.6 Å². The van der Waals surface area contributed by atoms with Gasteiger partial charge in [0.05, 0.1) is 5.56 Å². The topological polar surface area (TPSA) is 87.2 Å². The lowest BCUT2D eigenvalue weighted by Crippen LogP contribution is -2.29. The highest BCUT2D eigenvalue weighted by molar-refractivity contribution is 5.92. The van der Waals surface area contributed by atoms with E-state index in [1.165, 1.54) is 37.3 Å². The van der Waals surface area contributed by atoms with E-state index in [-0.39, 0.29) is 16.8 Å². The maximum absolute atomic E-state index is 15.1. The van der Waals surface area contributed by atoms with E-state index in [0.717, 1.165) is 25.3 Å². The van der Waals surface area contributed by atoms with Crippen LogP contribution in [0.1, 0.15) is 40.0 Å². The Morgan fingerprint density at radius 2 is 1.84 bits per heavy atom. The number of rotatable bonds is 7. The van der Waals surface area contributed by atoms with Gasteiger partial charge in [0.1, 0.15) is 23.9 Å². The Kier molecular flexibility index (Phi) is 6.45.